The summed E-state index contributed by atoms with van der Waals surface area (Å²) in [6.45, 7) is 3.69. The van der Waals surface area contributed by atoms with E-state index in [0.29, 0.717) is 16.3 Å². The molecule has 5 nitrogen and oxygen atoms in total. The highest BCUT2D eigenvalue weighted by atomic mass is 35.5. The lowest BCUT2D eigenvalue weighted by Crippen LogP contribution is -2.43. The topological polar surface area (TPSA) is 84.2 Å². The fourth-order valence-electron chi connectivity index (χ4n) is 1.54. The first-order valence-electron chi connectivity index (χ1n) is 5.83. The zero-order chi connectivity index (χ0) is 14.6. The Morgan fingerprint density at radius 1 is 1.37 bits per heavy atom. The molecule has 0 aliphatic carbocycles. The SMILES string of the molecule is CNC(=O)C(C)(C)CNC(=O)c1cc(Cl)ccc1N. The minimum atomic E-state index is -0.697. The number of rotatable bonds is 4. The van der Waals surface area contributed by atoms with Crippen molar-refractivity contribution in [2.45, 2.75) is 13.8 Å². The highest BCUT2D eigenvalue weighted by molar-refractivity contribution is 6.31. The van der Waals surface area contributed by atoms with Crippen molar-refractivity contribution in [3.8, 4) is 0 Å². The number of carbonyl (C=O) groups excluding carboxylic acids is 2. The standard InChI is InChI=1S/C13H18ClN3O2/c1-13(2,12(19)16-3)7-17-11(18)9-6-8(14)4-5-10(9)15/h4-6H,7,15H2,1-3H3,(H,16,19)(H,17,18). The van der Waals surface area contributed by atoms with Gasteiger partial charge < -0.3 is 16.4 Å². The third kappa shape index (κ3) is 3.86. The van der Waals surface area contributed by atoms with Crippen molar-refractivity contribution in [3.05, 3.63) is 28.8 Å². The second-order valence-corrected chi connectivity index (χ2v) is 5.31. The van der Waals surface area contributed by atoms with Crippen LogP contribution >= 0.6 is 11.6 Å². The molecular weight excluding hydrogens is 266 g/mol. The van der Waals surface area contributed by atoms with Crippen molar-refractivity contribution < 1.29 is 9.59 Å². The van der Waals surface area contributed by atoms with Crippen molar-refractivity contribution in [1.82, 2.24) is 10.6 Å². The van der Waals surface area contributed by atoms with Gasteiger partial charge in [-0.3, -0.25) is 9.59 Å². The molecule has 0 saturated heterocycles. The lowest BCUT2D eigenvalue weighted by molar-refractivity contribution is -0.128. The van der Waals surface area contributed by atoms with Crippen LogP contribution in [-0.2, 0) is 4.79 Å². The van der Waals surface area contributed by atoms with Gasteiger partial charge in [0.2, 0.25) is 5.91 Å². The summed E-state index contributed by atoms with van der Waals surface area (Å²) in [4.78, 5) is 23.6. The monoisotopic (exact) mass is 283 g/mol. The quantitative estimate of drug-likeness (QED) is 0.731. The Morgan fingerprint density at radius 2 is 2.00 bits per heavy atom. The van der Waals surface area contributed by atoms with Crippen molar-refractivity contribution in [1.29, 1.82) is 0 Å². The molecule has 0 heterocycles. The van der Waals surface area contributed by atoms with Gasteiger partial charge in [0.05, 0.1) is 11.0 Å². The van der Waals surface area contributed by atoms with Gasteiger partial charge in [-0.05, 0) is 32.0 Å². The zero-order valence-corrected chi connectivity index (χ0v) is 12.0. The number of nitrogens with two attached hydrogens (primary N) is 1. The van der Waals surface area contributed by atoms with Crippen LogP contribution in [0.2, 0.25) is 5.02 Å². The van der Waals surface area contributed by atoms with E-state index in [2.05, 4.69) is 10.6 Å². The minimum absolute atomic E-state index is 0.146. The number of halogens is 1. The first-order chi connectivity index (χ1) is 8.77. The van der Waals surface area contributed by atoms with Crippen LogP contribution in [0.25, 0.3) is 0 Å². The van der Waals surface area contributed by atoms with Gasteiger partial charge in [0.1, 0.15) is 0 Å². The third-order valence-electron chi connectivity index (χ3n) is 2.79. The van der Waals surface area contributed by atoms with E-state index in [1.165, 1.54) is 6.07 Å². The minimum Gasteiger partial charge on any atom is -0.398 e. The Bertz CT molecular complexity index is 501. The van der Waals surface area contributed by atoms with Gasteiger partial charge in [0.25, 0.3) is 5.91 Å². The molecule has 0 fully saturated rings. The number of hydrogen-bond acceptors (Lipinski definition) is 3. The van der Waals surface area contributed by atoms with E-state index in [-0.39, 0.29) is 18.4 Å². The highest BCUT2D eigenvalue weighted by Crippen LogP contribution is 2.19. The van der Waals surface area contributed by atoms with Crippen molar-refractivity contribution in [2.24, 2.45) is 5.41 Å². The first kappa shape index (κ1) is 15.3. The van der Waals surface area contributed by atoms with Crippen LogP contribution in [0.3, 0.4) is 0 Å². The second kappa shape index (κ2) is 5.93. The molecule has 0 unspecified atom stereocenters. The summed E-state index contributed by atoms with van der Waals surface area (Å²) in [5.74, 6) is -0.496. The number of carbonyl (C=O) groups is 2. The van der Waals surface area contributed by atoms with E-state index in [4.69, 9.17) is 17.3 Å². The maximum absolute atomic E-state index is 12.0. The fourth-order valence-corrected chi connectivity index (χ4v) is 1.71. The van der Waals surface area contributed by atoms with Gasteiger partial charge in [-0.25, -0.2) is 0 Å². The number of hydrogen-bond donors (Lipinski definition) is 3. The van der Waals surface area contributed by atoms with E-state index < -0.39 is 5.41 Å². The largest absolute Gasteiger partial charge is 0.398 e. The van der Waals surface area contributed by atoms with Gasteiger partial charge in [-0.15, -0.1) is 0 Å². The molecule has 0 aliphatic heterocycles. The molecule has 104 valence electrons. The second-order valence-electron chi connectivity index (χ2n) is 4.88. The Morgan fingerprint density at radius 3 is 2.58 bits per heavy atom. The van der Waals surface area contributed by atoms with E-state index in [1.54, 1.807) is 33.0 Å². The molecule has 6 heteroatoms. The lowest BCUT2D eigenvalue weighted by atomic mass is 9.92. The smallest absolute Gasteiger partial charge is 0.253 e. The van der Waals surface area contributed by atoms with Crippen molar-refractivity contribution in [3.63, 3.8) is 0 Å². The molecule has 0 radical (unpaired) electrons. The van der Waals surface area contributed by atoms with Gasteiger partial charge in [0.15, 0.2) is 0 Å². The molecule has 0 bridgehead atoms. The summed E-state index contributed by atoms with van der Waals surface area (Å²) < 4.78 is 0. The molecular formula is C13H18ClN3O2. The molecule has 19 heavy (non-hydrogen) atoms. The summed E-state index contributed by atoms with van der Waals surface area (Å²) in [7, 11) is 1.56. The summed E-state index contributed by atoms with van der Waals surface area (Å²) in [5, 5.41) is 5.67. The van der Waals surface area contributed by atoms with Crippen LogP contribution in [0.5, 0.6) is 0 Å². The van der Waals surface area contributed by atoms with Gasteiger partial charge >= 0.3 is 0 Å². The van der Waals surface area contributed by atoms with Crippen LogP contribution in [-0.4, -0.2) is 25.4 Å². The van der Waals surface area contributed by atoms with Gasteiger partial charge in [-0.1, -0.05) is 11.6 Å². The molecule has 0 saturated carbocycles. The molecule has 1 aromatic rings. The van der Waals surface area contributed by atoms with Crippen molar-refractivity contribution >= 4 is 29.1 Å². The number of nitrogens with one attached hydrogen (secondary N) is 2. The van der Waals surface area contributed by atoms with E-state index >= 15 is 0 Å². The van der Waals surface area contributed by atoms with Crippen LogP contribution in [0.4, 0.5) is 5.69 Å². The Hall–Kier alpha value is -1.75. The average molecular weight is 284 g/mol. The first-order valence-corrected chi connectivity index (χ1v) is 6.21. The highest BCUT2D eigenvalue weighted by Gasteiger charge is 2.27. The summed E-state index contributed by atoms with van der Waals surface area (Å²) in [6, 6.07) is 4.68. The Labute approximate surface area is 117 Å². The van der Waals surface area contributed by atoms with Gasteiger partial charge in [-0.2, -0.15) is 0 Å². The Balaban J connectivity index is 2.76. The molecule has 1 aromatic carbocycles. The van der Waals surface area contributed by atoms with Crippen LogP contribution in [0.15, 0.2) is 18.2 Å². The van der Waals surface area contributed by atoms with E-state index in [1.807, 2.05) is 0 Å². The fraction of sp³-hybridized carbons (Fsp3) is 0.385. The Kier molecular flexibility index (Phi) is 4.78. The van der Waals surface area contributed by atoms with Crippen LogP contribution in [0.1, 0.15) is 24.2 Å². The molecule has 0 aromatic heterocycles. The summed E-state index contributed by atoms with van der Waals surface area (Å²) in [6.07, 6.45) is 0. The average Bonchev–Trinajstić information content (AvgIpc) is 2.37. The maximum Gasteiger partial charge on any atom is 0.253 e. The normalized spacial score (nSPS) is 10.9. The van der Waals surface area contributed by atoms with E-state index in [0.717, 1.165) is 0 Å². The number of nitrogen functional groups attached to an aromatic ring is 1. The molecule has 0 spiro atoms. The molecule has 4 N–H and O–H groups in total. The third-order valence-corrected chi connectivity index (χ3v) is 3.03. The number of anilines is 1. The molecule has 2 amide bonds. The van der Waals surface area contributed by atoms with Crippen molar-refractivity contribution in [2.75, 3.05) is 19.3 Å². The zero-order valence-electron chi connectivity index (χ0n) is 11.2. The van der Waals surface area contributed by atoms with Gasteiger partial charge in [0, 0.05) is 24.3 Å². The molecule has 0 aliphatic rings. The predicted molar refractivity (Wildman–Crippen MR) is 76.0 cm³/mol. The molecule has 1 rings (SSSR count). The summed E-state index contributed by atoms with van der Waals surface area (Å²) in [5.41, 5.74) is 5.67. The van der Waals surface area contributed by atoms with Crippen LogP contribution < -0.4 is 16.4 Å². The maximum atomic E-state index is 12.0. The van der Waals surface area contributed by atoms with E-state index in [9.17, 15) is 9.59 Å². The number of benzene rings is 1. The number of amides is 2. The predicted octanol–water partition coefficient (Wildman–Crippen LogP) is 1.42. The van der Waals surface area contributed by atoms with Crippen LogP contribution in [0, 0.1) is 5.41 Å². The summed E-state index contributed by atoms with van der Waals surface area (Å²) >= 11 is 5.82. The molecule has 0 atom stereocenters. The lowest BCUT2D eigenvalue weighted by Gasteiger charge is -2.23.